The second kappa shape index (κ2) is 5.51. The SMILES string of the molecule is Cc1cnc2c(c1)nc(C(C)(C)C)n2Cc1cccc(C#N)c1. The van der Waals surface area contributed by atoms with Crippen LogP contribution >= 0.6 is 0 Å². The molecule has 0 atom stereocenters. The first-order chi connectivity index (χ1) is 10.9. The minimum atomic E-state index is -0.0819. The van der Waals surface area contributed by atoms with E-state index in [0.717, 1.165) is 28.1 Å². The first-order valence-electron chi connectivity index (χ1n) is 7.71. The van der Waals surface area contributed by atoms with E-state index in [-0.39, 0.29) is 5.41 Å². The van der Waals surface area contributed by atoms with Gasteiger partial charge in [-0.3, -0.25) is 0 Å². The van der Waals surface area contributed by atoms with Crippen molar-refractivity contribution in [3.8, 4) is 6.07 Å². The van der Waals surface area contributed by atoms with E-state index < -0.39 is 0 Å². The Bertz CT molecular complexity index is 907. The molecule has 116 valence electrons. The van der Waals surface area contributed by atoms with E-state index in [1.54, 1.807) is 0 Å². The van der Waals surface area contributed by atoms with Crippen LogP contribution in [-0.4, -0.2) is 14.5 Å². The number of pyridine rings is 1. The topological polar surface area (TPSA) is 54.5 Å². The molecule has 2 heterocycles. The van der Waals surface area contributed by atoms with Crippen molar-refractivity contribution in [2.24, 2.45) is 0 Å². The van der Waals surface area contributed by atoms with Gasteiger partial charge in [0.25, 0.3) is 0 Å². The number of imidazole rings is 1. The molecule has 1 aromatic carbocycles. The van der Waals surface area contributed by atoms with E-state index in [0.29, 0.717) is 12.1 Å². The fourth-order valence-corrected chi connectivity index (χ4v) is 2.76. The quantitative estimate of drug-likeness (QED) is 0.720. The van der Waals surface area contributed by atoms with Crippen LogP contribution < -0.4 is 0 Å². The third kappa shape index (κ3) is 2.95. The van der Waals surface area contributed by atoms with Crippen LogP contribution in [0.5, 0.6) is 0 Å². The smallest absolute Gasteiger partial charge is 0.160 e. The summed E-state index contributed by atoms with van der Waals surface area (Å²) in [6, 6.07) is 12.0. The predicted molar refractivity (Wildman–Crippen MR) is 91.2 cm³/mol. The molecule has 4 nitrogen and oxygen atoms in total. The Balaban J connectivity index is 2.16. The number of hydrogen-bond acceptors (Lipinski definition) is 3. The van der Waals surface area contributed by atoms with E-state index in [4.69, 9.17) is 10.2 Å². The van der Waals surface area contributed by atoms with Gasteiger partial charge in [0.2, 0.25) is 0 Å². The van der Waals surface area contributed by atoms with Crippen molar-refractivity contribution in [3.63, 3.8) is 0 Å². The Hall–Kier alpha value is -2.67. The largest absolute Gasteiger partial charge is 0.308 e. The first kappa shape index (κ1) is 15.2. The monoisotopic (exact) mass is 304 g/mol. The number of fused-ring (bicyclic) bond motifs is 1. The summed E-state index contributed by atoms with van der Waals surface area (Å²) in [5, 5.41) is 9.09. The molecule has 0 bridgehead atoms. The highest BCUT2D eigenvalue weighted by Gasteiger charge is 2.23. The summed E-state index contributed by atoms with van der Waals surface area (Å²) in [6.07, 6.45) is 1.87. The second-order valence-electron chi connectivity index (χ2n) is 6.94. The molecule has 0 unspecified atom stereocenters. The number of rotatable bonds is 2. The normalized spacial score (nSPS) is 11.6. The summed E-state index contributed by atoms with van der Waals surface area (Å²) < 4.78 is 2.16. The summed E-state index contributed by atoms with van der Waals surface area (Å²) in [4.78, 5) is 9.41. The van der Waals surface area contributed by atoms with E-state index in [1.165, 1.54) is 0 Å². The fourth-order valence-electron chi connectivity index (χ4n) is 2.76. The maximum Gasteiger partial charge on any atom is 0.160 e. The standard InChI is InChI=1S/C19H20N4/c1-13-8-16-17(21-11-13)23(18(22-16)19(2,3)4)12-15-7-5-6-14(9-15)10-20/h5-9,11H,12H2,1-4H3. The van der Waals surface area contributed by atoms with Gasteiger partial charge in [-0.05, 0) is 36.2 Å². The Morgan fingerprint density at radius 1 is 1.22 bits per heavy atom. The lowest BCUT2D eigenvalue weighted by Gasteiger charge is -2.20. The maximum atomic E-state index is 9.09. The van der Waals surface area contributed by atoms with Crippen LogP contribution in [0.2, 0.25) is 0 Å². The third-order valence-electron chi connectivity index (χ3n) is 3.79. The summed E-state index contributed by atoms with van der Waals surface area (Å²) in [5.41, 5.74) is 4.59. The number of aromatic nitrogens is 3. The molecule has 0 aliphatic rings. The van der Waals surface area contributed by atoms with Crippen LogP contribution in [-0.2, 0) is 12.0 Å². The number of benzene rings is 1. The van der Waals surface area contributed by atoms with Gasteiger partial charge in [0, 0.05) is 11.6 Å². The molecule has 0 radical (unpaired) electrons. The van der Waals surface area contributed by atoms with Crippen LogP contribution in [0.15, 0.2) is 36.5 Å². The molecule has 4 heteroatoms. The van der Waals surface area contributed by atoms with Crippen molar-refractivity contribution in [1.82, 2.24) is 14.5 Å². The van der Waals surface area contributed by atoms with Gasteiger partial charge in [-0.25, -0.2) is 9.97 Å². The van der Waals surface area contributed by atoms with Gasteiger partial charge in [-0.1, -0.05) is 32.9 Å². The molecular formula is C19H20N4. The zero-order valence-corrected chi connectivity index (χ0v) is 14.0. The maximum absolute atomic E-state index is 9.09. The van der Waals surface area contributed by atoms with Crippen LogP contribution in [0.25, 0.3) is 11.2 Å². The summed E-state index contributed by atoms with van der Waals surface area (Å²) >= 11 is 0. The van der Waals surface area contributed by atoms with E-state index >= 15 is 0 Å². The highest BCUT2D eigenvalue weighted by Crippen LogP contribution is 2.26. The van der Waals surface area contributed by atoms with Crippen molar-refractivity contribution in [1.29, 1.82) is 5.26 Å². The molecule has 23 heavy (non-hydrogen) atoms. The molecule has 0 saturated carbocycles. The predicted octanol–water partition coefficient (Wildman–Crippen LogP) is 3.96. The Labute approximate surface area is 136 Å². The van der Waals surface area contributed by atoms with E-state index in [2.05, 4.69) is 42.5 Å². The lowest BCUT2D eigenvalue weighted by Crippen LogP contribution is -2.19. The van der Waals surface area contributed by atoms with Crippen molar-refractivity contribution in [2.45, 2.75) is 39.7 Å². The van der Waals surface area contributed by atoms with Gasteiger partial charge < -0.3 is 4.57 Å². The highest BCUT2D eigenvalue weighted by molar-refractivity contribution is 5.72. The minimum absolute atomic E-state index is 0.0819. The van der Waals surface area contributed by atoms with Gasteiger partial charge in [0.1, 0.15) is 11.3 Å². The zero-order chi connectivity index (χ0) is 16.6. The average molecular weight is 304 g/mol. The fraction of sp³-hybridized carbons (Fsp3) is 0.316. The molecule has 0 N–H and O–H groups in total. The van der Waals surface area contributed by atoms with Gasteiger partial charge >= 0.3 is 0 Å². The molecule has 0 amide bonds. The third-order valence-corrected chi connectivity index (χ3v) is 3.79. The molecule has 2 aromatic heterocycles. The average Bonchev–Trinajstić information content (AvgIpc) is 2.85. The lowest BCUT2D eigenvalue weighted by molar-refractivity contribution is 0.515. The van der Waals surface area contributed by atoms with E-state index in [1.807, 2.05) is 37.4 Å². The molecule has 3 aromatic rings. The van der Waals surface area contributed by atoms with Crippen molar-refractivity contribution in [3.05, 3.63) is 59.0 Å². The van der Waals surface area contributed by atoms with Crippen molar-refractivity contribution < 1.29 is 0 Å². The van der Waals surface area contributed by atoms with Crippen LogP contribution in [0.4, 0.5) is 0 Å². The number of nitrogens with zero attached hydrogens (tertiary/aromatic N) is 4. The molecule has 0 aliphatic heterocycles. The van der Waals surface area contributed by atoms with Crippen LogP contribution in [0.3, 0.4) is 0 Å². The summed E-state index contributed by atoms with van der Waals surface area (Å²) in [5.74, 6) is 1.01. The lowest BCUT2D eigenvalue weighted by atomic mass is 9.95. The minimum Gasteiger partial charge on any atom is -0.308 e. The van der Waals surface area contributed by atoms with E-state index in [9.17, 15) is 0 Å². The van der Waals surface area contributed by atoms with Crippen molar-refractivity contribution >= 4 is 11.2 Å². The molecule has 0 aliphatic carbocycles. The first-order valence-corrected chi connectivity index (χ1v) is 7.71. The van der Waals surface area contributed by atoms with Gasteiger partial charge in [0.05, 0.1) is 18.2 Å². The number of aryl methyl sites for hydroxylation is 1. The molecule has 0 spiro atoms. The Kier molecular flexibility index (Phi) is 3.65. The second-order valence-corrected chi connectivity index (χ2v) is 6.94. The molecule has 0 saturated heterocycles. The van der Waals surface area contributed by atoms with Crippen molar-refractivity contribution in [2.75, 3.05) is 0 Å². The Morgan fingerprint density at radius 3 is 2.70 bits per heavy atom. The number of hydrogen-bond donors (Lipinski definition) is 0. The molecule has 0 fully saturated rings. The van der Waals surface area contributed by atoms with Gasteiger partial charge in [-0.2, -0.15) is 5.26 Å². The van der Waals surface area contributed by atoms with Crippen LogP contribution in [0.1, 0.15) is 43.3 Å². The van der Waals surface area contributed by atoms with Crippen LogP contribution in [0, 0.1) is 18.3 Å². The number of nitriles is 1. The highest BCUT2D eigenvalue weighted by atomic mass is 15.1. The molecule has 3 rings (SSSR count). The van der Waals surface area contributed by atoms with Gasteiger partial charge in [0.15, 0.2) is 5.65 Å². The zero-order valence-electron chi connectivity index (χ0n) is 14.0. The van der Waals surface area contributed by atoms with Gasteiger partial charge in [-0.15, -0.1) is 0 Å². The summed E-state index contributed by atoms with van der Waals surface area (Å²) in [6.45, 7) is 9.16. The summed E-state index contributed by atoms with van der Waals surface area (Å²) in [7, 11) is 0. The Morgan fingerprint density at radius 2 is 2.00 bits per heavy atom. The molecular weight excluding hydrogens is 284 g/mol.